The summed E-state index contributed by atoms with van der Waals surface area (Å²) in [4.78, 5) is 36.1. The van der Waals surface area contributed by atoms with E-state index in [1.807, 2.05) is 0 Å². The first-order chi connectivity index (χ1) is 13.6. The Hall–Kier alpha value is -1.78. The lowest BCUT2D eigenvalue weighted by Crippen LogP contribution is -2.50. The zero-order chi connectivity index (χ0) is 21.1. The molecule has 0 amide bonds. The molecule has 0 radical (unpaired) electrons. The van der Waals surface area contributed by atoms with Crippen molar-refractivity contribution in [3.05, 3.63) is 23.6 Å². The van der Waals surface area contributed by atoms with E-state index in [1.165, 1.54) is 13.0 Å². The Balaban J connectivity index is 1.68. The van der Waals surface area contributed by atoms with Gasteiger partial charge in [-0.05, 0) is 77.9 Å². The molecule has 4 nitrogen and oxygen atoms in total. The van der Waals surface area contributed by atoms with Gasteiger partial charge in [0, 0.05) is 19.3 Å². The molecular formula is C24H31FO4. The van der Waals surface area contributed by atoms with Gasteiger partial charge in [-0.25, -0.2) is 4.39 Å². The summed E-state index contributed by atoms with van der Waals surface area (Å²) in [6.07, 6.45) is 7.18. The fourth-order valence-electron chi connectivity index (χ4n) is 7.39. The van der Waals surface area contributed by atoms with Gasteiger partial charge >= 0.3 is 5.97 Å². The smallest absolute Gasteiger partial charge is 0.303 e. The maximum atomic E-state index is 15.2. The molecule has 0 aromatic rings. The van der Waals surface area contributed by atoms with Gasteiger partial charge in [0.1, 0.15) is 12.4 Å². The molecule has 4 rings (SSSR count). The summed E-state index contributed by atoms with van der Waals surface area (Å²) in [5.74, 6) is -0.0458. The Kier molecular flexibility index (Phi) is 4.86. The molecule has 4 aliphatic rings. The molecular weight excluding hydrogens is 371 g/mol. The normalized spacial score (nSPS) is 43.5. The van der Waals surface area contributed by atoms with Gasteiger partial charge < -0.3 is 4.74 Å². The number of hydrogen-bond donors (Lipinski definition) is 0. The summed E-state index contributed by atoms with van der Waals surface area (Å²) < 4.78 is 20.2. The summed E-state index contributed by atoms with van der Waals surface area (Å²) in [7, 11) is 0. The SMILES string of the molecule is CC(=O)OCC(=O)[C@H]1C(C)C[C@H]2[C@@H]3C=C(F)C4=CC(=O)CC[C@]4(C)[C@H]3CC[C@]12C. The molecule has 0 aliphatic heterocycles. The maximum Gasteiger partial charge on any atom is 0.303 e. The highest BCUT2D eigenvalue weighted by Gasteiger charge is 2.62. The standard InChI is InChI=1S/C24H31FO4/c1-13-9-18-16-11-20(25)19-10-15(27)5-7-23(19,3)17(16)6-8-24(18,4)22(13)21(28)12-29-14(2)26/h10-11,13,16-18,22H,5-9,12H2,1-4H3/t13?,16-,17+,18+,22-,23-,24+/m1/s1. The van der Waals surface area contributed by atoms with E-state index in [0.29, 0.717) is 24.3 Å². The molecule has 7 atom stereocenters. The van der Waals surface area contributed by atoms with E-state index in [2.05, 4.69) is 20.8 Å². The van der Waals surface area contributed by atoms with Crippen LogP contribution in [-0.2, 0) is 19.1 Å². The molecule has 0 saturated heterocycles. The van der Waals surface area contributed by atoms with Gasteiger partial charge in [-0.15, -0.1) is 0 Å². The highest BCUT2D eigenvalue weighted by molar-refractivity contribution is 5.92. The Bertz CT molecular complexity index is 827. The van der Waals surface area contributed by atoms with Crippen molar-refractivity contribution in [1.29, 1.82) is 0 Å². The number of allylic oxidation sites excluding steroid dienone is 4. The molecule has 0 N–H and O–H groups in total. The third-order valence-corrected chi connectivity index (χ3v) is 8.67. The molecule has 0 bridgehead atoms. The lowest BCUT2D eigenvalue weighted by molar-refractivity contribution is -0.149. The van der Waals surface area contributed by atoms with E-state index < -0.39 is 5.97 Å². The molecule has 0 spiro atoms. The van der Waals surface area contributed by atoms with E-state index in [9.17, 15) is 14.4 Å². The number of halogens is 1. The number of ether oxygens (including phenoxy) is 1. The Morgan fingerprint density at radius 2 is 1.97 bits per heavy atom. The first-order valence-electron chi connectivity index (χ1n) is 10.9. The average molecular weight is 403 g/mol. The number of ketones is 2. The largest absolute Gasteiger partial charge is 0.458 e. The lowest BCUT2D eigenvalue weighted by Gasteiger charge is -2.56. The van der Waals surface area contributed by atoms with Crippen LogP contribution < -0.4 is 0 Å². The molecule has 0 aromatic carbocycles. The summed E-state index contributed by atoms with van der Waals surface area (Å²) in [5.41, 5.74) is 0.0745. The van der Waals surface area contributed by atoms with Crippen molar-refractivity contribution in [2.75, 3.05) is 6.61 Å². The predicted molar refractivity (Wildman–Crippen MR) is 106 cm³/mol. The van der Waals surface area contributed by atoms with Crippen molar-refractivity contribution in [2.45, 2.75) is 59.8 Å². The Morgan fingerprint density at radius 1 is 1.24 bits per heavy atom. The maximum absolute atomic E-state index is 15.2. The van der Waals surface area contributed by atoms with E-state index in [1.54, 1.807) is 6.08 Å². The molecule has 1 unspecified atom stereocenters. The molecule has 0 heterocycles. The zero-order valence-corrected chi connectivity index (χ0v) is 17.8. The number of hydrogen-bond acceptors (Lipinski definition) is 4. The van der Waals surface area contributed by atoms with Gasteiger partial charge in [-0.2, -0.15) is 0 Å². The van der Waals surface area contributed by atoms with Crippen LogP contribution in [0.25, 0.3) is 0 Å². The van der Waals surface area contributed by atoms with Gasteiger partial charge in [-0.1, -0.05) is 20.8 Å². The highest BCUT2D eigenvalue weighted by atomic mass is 19.1. The lowest BCUT2D eigenvalue weighted by atomic mass is 9.48. The predicted octanol–water partition coefficient (Wildman–Crippen LogP) is 4.59. The van der Waals surface area contributed by atoms with Crippen molar-refractivity contribution >= 4 is 17.5 Å². The fourth-order valence-corrected chi connectivity index (χ4v) is 7.39. The summed E-state index contributed by atoms with van der Waals surface area (Å²) in [6.45, 7) is 7.55. The quantitative estimate of drug-likeness (QED) is 0.648. The number of rotatable bonds is 3. The van der Waals surface area contributed by atoms with Crippen LogP contribution in [-0.4, -0.2) is 24.1 Å². The highest BCUT2D eigenvalue weighted by Crippen LogP contribution is 2.67. The van der Waals surface area contributed by atoms with Crippen LogP contribution in [0.3, 0.4) is 0 Å². The Morgan fingerprint density at radius 3 is 2.66 bits per heavy atom. The van der Waals surface area contributed by atoms with E-state index in [0.717, 1.165) is 19.3 Å². The van der Waals surface area contributed by atoms with Crippen LogP contribution in [0.2, 0.25) is 0 Å². The van der Waals surface area contributed by atoms with Crippen molar-refractivity contribution < 1.29 is 23.5 Å². The monoisotopic (exact) mass is 402 g/mol. The van der Waals surface area contributed by atoms with Crippen LogP contribution >= 0.6 is 0 Å². The van der Waals surface area contributed by atoms with Gasteiger partial charge in [0.15, 0.2) is 11.6 Å². The zero-order valence-electron chi connectivity index (χ0n) is 17.8. The number of carbonyl (C=O) groups excluding carboxylic acids is 3. The number of esters is 1. The van der Waals surface area contributed by atoms with Crippen LogP contribution in [0.1, 0.15) is 59.8 Å². The second-order valence-corrected chi connectivity index (χ2v) is 10.2. The first kappa shape index (κ1) is 20.5. The summed E-state index contributed by atoms with van der Waals surface area (Å²) in [6, 6.07) is 0. The van der Waals surface area contributed by atoms with Crippen LogP contribution in [0.5, 0.6) is 0 Å². The van der Waals surface area contributed by atoms with Crippen LogP contribution in [0.4, 0.5) is 4.39 Å². The molecule has 2 saturated carbocycles. The minimum Gasteiger partial charge on any atom is -0.458 e. The Labute approximate surface area is 171 Å². The van der Waals surface area contributed by atoms with Gasteiger partial charge in [0.25, 0.3) is 0 Å². The van der Waals surface area contributed by atoms with Crippen LogP contribution in [0, 0.1) is 40.4 Å². The number of fused-ring (bicyclic) bond motifs is 5. The van der Waals surface area contributed by atoms with E-state index >= 15 is 4.39 Å². The number of carbonyl (C=O) groups is 3. The van der Waals surface area contributed by atoms with Gasteiger partial charge in [-0.3, -0.25) is 14.4 Å². The second kappa shape index (κ2) is 6.88. The molecule has 29 heavy (non-hydrogen) atoms. The van der Waals surface area contributed by atoms with E-state index in [4.69, 9.17) is 4.74 Å². The molecule has 158 valence electrons. The van der Waals surface area contributed by atoms with E-state index in [-0.39, 0.29) is 58.5 Å². The molecule has 0 aromatic heterocycles. The third kappa shape index (κ3) is 3.03. The minimum atomic E-state index is -0.439. The van der Waals surface area contributed by atoms with Crippen LogP contribution in [0.15, 0.2) is 23.6 Å². The van der Waals surface area contributed by atoms with Crippen molar-refractivity contribution in [3.63, 3.8) is 0 Å². The summed E-state index contributed by atoms with van der Waals surface area (Å²) >= 11 is 0. The topological polar surface area (TPSA) is 60.4 Å². The van der Waals surface area contributed by atoms with Crippen molar-refractivity contribution in [1.82, 2.24) is 0 Å². The second-order valence-electron chi connectivity index (χ2n) is 10.2. The molecule has 5 heteroatoms. The molecule has 4 aliphatic carbocycles. The van der Waals surface area contributed by atoms with Gasteiger partial charge in [0.05, 0.1) is 0 Å². The fraction of sp³-hybridized carbons (Fsp3) is 0.708. The first-order valence-corrected chi connectivity index (χ1v) is 10.9. The number of Topliss-reactive ketones (excluding diaryl/α,β-unsaturated/α-hetero) is 1. The third-order valence-electron chi connectivity index (χ3n) is 8.67. The molecule has 2 fully saturated rings. The average Bonchev–Trinajstić information content (AvgIpc) is 2.92. The van der Waals surface area contributed by atoms with Crippen molar-refractivity contribution in [2.24, 2.45) is 40.4 Å². The van der Waals surface area contributed by atoms with Crippen molar-refractivity contribution in [3.8, 4) is 0 Å². The van der Waals surface area contributed by atoms with Gasteiger partial charge in [0.2, 0.25) is 0 Å². The summed E-state index contributed by atoms with van der Waals surface area (Å²) in [5, 5.41) is 0. The minimum absolute atomic E-state index is 0.00790.